The average molecular weight is 420 g/mol. The highest BCUT2D eigenvalue weighted by Crippen LogP contribution is 2.23. The van der Waals surface area contributed by atoms with Gasteiger partial charge in [0.15, 0.2) is 0 Å². The molecule has 2 amide bonds. The summed E-state index contributed by atoms with van der Waals surface area (Å²) in [5.41, 5.74) is 1.85. The average Bonchev–Trinajstić information content (AvgIpc) is 2.79. The van der Waals surface area contributed by atoms with Crippen LogP contribution in [0.15, 0.2) is 48.7 Å². The third-order valence-corrected chi connectivity index (χ3v) is 5.75. The zero-order chi connectivity index (χ0) is 22.2. The van der Waals surface area contributed by atoms with E-state index in [1.54, 1.807) is 11.1 Å². The van der Waals surface area contributed by atoms with E-state index in [0.29, 0.717) is 38.3 Å². The number of aromatic nitrogens is 1. The second-order valence-corrected chi connectivity index (χ2v) is 7.93. The van der Waals surface area contributed by atoms with Crippen LogP contribution in [-0.4, -0.2) is 47.4 Å². The van der Waals surface area contributed by atoms with Gasteiger partial charge in [-0.1, -0.05) is 18.2 Å². The standard InChI is InChI=1S/C24H29N5O2/c1-18-9-13-26-22(17-18)27-23(30)20-10-15-28(16-11-20)19(2)24(31)29(14-6-12-25)21-7-4-3-5-8-21/h3-5,7-9,13,17,19-20H,6,10-11,14-16H2,1-2H3,(H,26,27,30). The highest BCUT2D eigenvalue weighted by Gasteiger charge is 2.32. The summed E-state index contributed by atoms with van der Waals surface area (Å²) in [4.78, 5) is 33.9. The predicted octanol–water partition coefficient (Wildman–Crippen LogP) is 3.38. The summed E-state index contributed by atoms with van der Waals surface area (Å²) in [7, 11) is 0. The third kappa shape index (κ3) is 5.89. The quantitative estimate of drug-likeness (QED) is 0.743. The fourth-order valence-electron chi connectivity index (χ4n) is 3.90. The molecule has 2 aromatic rings. The van der Waals surface area contributed by atoms with Gasteiger partial charge in [0.1, 0.15) is 5.82 Å². The number of aryl methyl sites for hydroxylation is 1. The number of amides is 2. The second kappa shape index (κ2) is 10.7. The Labute approximate surface area is 183 Å². The van der Waals surface area contributed by atoms with Crippen LogP contribution < -0.4 is 10.2 Å². The number of carbonyl (C=O) groups excluding carboxylic acids is 2. The fraction of sp³-hybridized carbons (Fsp3) is 0.417. The molecule has 3 rings (SSSR count). The maximum atomic E-state index is 13.2. The van der Waals surface area contributed by atoms with Crippen LogP contribution in [0.5, 0.6) is 0 Å². The molecular formula is C24H29N5O2. The van der Waals surface area contributed by atoms with Crippen molar-refractivity contribution in [2.45, 2.75) is 39.2 Å². The molecule has 1 N–H and O–H groups in total. The van der Waals surface area contributed by atoms with Crippen LogP contribution in [0, 0.1) is 24.2 Å². The van der Waals surface area contributed by atoms with Gasteiger partial charge < -0.3 is 10.2 Å². The second-order valence-electron chi connectivity index (χ2n) is 7.93. The van der Waals surface area contributed by atoms with Crippen LogP contribution in [0.1, 0.15) is 31.7 Å². The zero-order valence-corrected chi connectivity index (χ0v) is 18.1. The van der Waals surface area contributed by atoms with E-state index >= 15 is 0 Å². The van der Waals surface area contributed by atoms with E-state index in [2.05, 4.69) is 21.3 Å². The Morgan fingerprint density at radius 3 is 2.61 bits per heavy atom. The van der Waals surface area contributed by atoms with Crippen molar-refractivity contribution in [2.24, 2.45) is 5.92 Å². The number of hydrogen-bond donors (Lipinski definition) is 1. The lowest BCUT2D eigenvalue weighted by Gasteiger charge is -2.37. The van der Waals surface area contributed by atoms with Crippen LogP contribution in [0.4, 0.5) is 11.5 Å². The van der Waals surface area contributed by atoms with Gasteiger partial charge in [-0.2, -0.15) is 5.26 Å². The van der Waals surface area contributed by atoms with Gasteiger partial charge in [0.2, 0.25) is 11.8 Å². The molecular weight excluding hydrogens is 390 g/mol. The molecule has 1 aliphatic heterocycles. The Morgan fingerprint density at radius 1 is 1.26 bits per heavy atom. The van der Waals surface area contributed by atoms with E-state index in [0.717, 1.165) is 11.3 Å². The Morgan fingerprint density at radius 2 is 1.97 bits per heavy atom. The van der Waals surface area contributed by atoms with Crippen molar-refractivity contribution in [2.75, 3.05) is 29.9 Å². The smallest absolute Gasteiger partial charge is 0.244 e. The predicted molar refractivity (Wildman–Crippen MR) is 120 cm³/mol. The Bertz CT molecular complexity index is 932. The van der Waals surface area contributed by atoms with E-state index in [1.165, 1.54) is 0 Å². The van der Waals surface area contributed by atoms with E-state index in [4.69, 9.17) is 5.26 Å². The van der Waals surface area contributed by atoms with Gasteiger partial charge in [-0.15, -0.1) is 0 Å². The molecule has 1 fully saturated rings. The van der Waals surface area contributed by atoms with E-state index in [-0.39, 0.29) is 30.2 Å². The van der Waals surface area contributed by atoms with Gasteiger partial charge >= 0.3 is 0 Å². The van der Waals surface area contributed by atoms with Gasteiger partial charge in [-0.25, -0.2) is 4.98 Å². The van der Waals surface area contributed by atoms with Gasteiger partial charge in [0.25, 0.3) is 0 Å². The first kappa shape index (κ1) is 22.4. The van der Waals surface area contributed by atoms with Crippen molar-refractivity contribution >= 4 is 23.3 Å². The first-order chi connectivity index (χ1) is 15.0. The number of piperidine rings is 1. The molecule has 1 aromatic heterocycles. The summed E-state index contributed by atoms with van der Waals surface area (Å²) < 4.78 is 0. The van der Waals surface area contributed by atoms with Crippen molar-refractivity contribution in [3.05, 3.63) is 54.2 Å². The normalized spacial score (nSPS) is 15.6. The minimum absolute atomic E-state index is 0.0170. The fourth-order valence-corrected chi connectivity index (χ4v) is 3.90. The summed E-state index contributed by atoms with van der Waals surface area (Å²) in [6.45, 7) is 5.58. The molecule has 0 radical (unpaired) electrons. The number of benzene rings is 1. The number of hydrogen-bond acceptors (Lipinski definition) is 5. The maximum absolute atomic E-state index is 13.2. The van der Waals surface area contributed by atoms with Crippen molar-refractivity contribution in [1.82, 2.24) is 9.88 Å². The molecule has 162 valence electrons. The highest BCUT2D eigenvalue weighted by atomic mass is 16.2. The van der Waals surface area contributed by atoms with Crippen LogP contribution in [0.3, 0.4) is 0 Å². The summed E-state index contributed by atoms with van der Waals surface area (Å²) in [5, 5.41) is 11.9. The number of nitriles is 1. The lowest BCUT2D eigenvalue weighted by molar-refractivity contribution is -0.125. The van der Waals surface area contributed by atoms with Crippen LogP contribution in [0.25, 0.3) is 0 Å². The highest BCUT2D eigenvalue weighted by molar-refractivity contribution is 5.97. The topological polar surface area (TPSA) is 89.3 Å². The van der Waals surface area contributed by atoms with Crippen molar-refractivity contribution in [3.8, 4) is 6.07 Å². The van der Waals surface area contributed by atoms with E-state index in [9.17, 15) is 9.59 Å². The molecule has 1 aromatic carbocycles. The van der Waals surface area contributed by atoms with Gasteiger partial charge in [0, 0.05) is 24.3 Å². The number of anilines is 2. The van der Waals surface area contributed by atoms with Gasteiger partial charge in [-0.05, 0) is 69.6 Å². The monoisotopic (exact) mass is 419 g/mol. The number of nitrogens with zero attached hydrogens (tertiary/aromatic N) is 4. The van der Waals surface area contributed by atoms with Crippen molar-refractivity contribution in [1.29, 1.82) is 5.26 Å². The number of rotatable bonds is 7. The molecule has 0 bridgehead atoms. The summed E-state index contributed by atoms with van der Waals surface area (Å²) >= 11 is 0. The first-order valence-electron chi connectivity index (χ1n) is 10.7. The molecule has 0 spiro atoms. The largest absolute Gasteiger partial charge is 0.310 e. The molecule has 31 heavy (non-hydrogen) atoms. The summed E-state index contributed by atoms with van der Waals surface area (Å²) in [5.74, 6) is 0.446. The Kier molecular flexibility index (Phi) is 7.74. The van der Waals surface area contributed by atoms with Crippen LogP contribution in [0.2, 0.25) is 0 Å². The minimum atomic E-state index is -0.318. The molecule has 0 aliphatic carbocycles. The number of carbonyl (C=O) groups is 2. The Hall–Kier alpha value is -3.24. The maximum Gasteiger partial charge on any atom is 0.244 e. The SMILES string of the molecule is Cc1ccnc(NC(=O)C2CCN(C(C)C(=O)N(CCC#N)c3ccccc3)CC2)c1. The van der Waals surface area contributed by atoms with Crippen LogP contribution in [-0.2, 0) is 9.59 Å². The summed E-state index contributed by atoms with van der Waals surface area (Å²) in [6, 6.07) is 15.0. The number of likely N-dealkylation sites (tertiary alicyclic amines) is 1. The molecule has 1 saturated heterocycles. The first-order valence-corrected chi connectivity index (χ1v) is 10.7. The van der Waals surface area contributed by atoms with Crippen molar-refractivity contribution < 1.29 is 9.59 Å². The Balaban J connectivity index is 1.58. The van der Waals surface area contributed by atoms with E-state index < -0.39 is 0 Å². The number of nitrogens with one attached hydrogen (secondary N) is 1. The molecule has 2 heterocycles. The van der Waals surface area contributed by atoms with Gasteiger partial charge in [-0.3, -0.25) is 14.5 Å². The van der Waals surface area contributed by atoms with Crippen molar-refractivity contribution in [3.63, 3.8) is 0 Å². The third-order valence-electron chi connectivity index (χ3n) is 5.75. The molecule has 7 heteroatoms. The molecule has 1 unspecified atom stereocenters. The zero-order valence-electron chi connectivity index (χ0n) is 18.1. The number of para-hydroxylation sites is 1. The molecule has 7 nitrogen and oxygen atoms in total. The molecule has 1 aliphatic rings. The molecule has 0 saturated carbocycles. The minimum Gasteiger partial charge on any atom is -0.310 e. The van der Waals surface area contributed by atoms with Gasteiger partial charge in [0.05, 0.1) is 18.5 Å². The summed E-state index contributed by atoms with van der Waals surface area (Å²) in [6.07, 6.45) is 3.35. The number of pyridine rings is 1. The lowest BCUT2D eigenvalue weighted by atomic mass is 9.94. The lowest BCUT2D eigenvalue weighted by Crippen LogP contribution is -2.51. The molecule has 1 atom stereocenters. The van der Waals surface area contributed by atoms with E-state index in [1.807, 2.05) is 56.3 Å². The van der Waals surface area contributed by atoms with Crippen LogP contribution >= 0.6 is 0 Å².